The van der Waals surface area contributed by atoms with Gasteiger partial charge in [0, 0.05) is 46.4 Å². The van der Waals surface area contributed by atoms with Crippen LogP contribution in [-0.2, 0) is 46.9 Å². The Kier molecular flexibility index (Phi) is 11.7. The Hall–Kier alpha value is -4.65. The van der Waals surface area contributed by atoms with E-state index < -0.39 is 22.0 Å². The first kappa shape index (κ1) is 37.1. The number of hydrogen-bond acceptors (Lipinski definition) is 7. The van der Waals surface area contributed by atoms with Crippen LogP contribution in [0.25, 0.3) is 0 Å². The smallest absolute Gasteiger partial charge is 0.335 e. The Bertz CT molecular complexity index is 2070. The van der Waals surface area contributed by atoms with Gasteiger partial charge in [-0.2, -0.15) is 4.31 Å². The number of aromatic carboxylic acids is 1. The average molecular weight is 743 g/mol. The van der Waals surface area contributed by atoms with Crippen molar-refractivity contribution in [2.45, 2.75) is 88.0 Å². The second-order valence-electron chi connectivity index (χ2n) is 13.5. The van der Waals surface area contributed by atoms with E-state index in [0.717, 1.165) is 72.9 Å². The molecule has 4 aromatic rings. The predicted molar refractivity (Wildman–Crippen MR) is 199 cm³/mol. The van der Waals surface area contributed by atoms with Gasteiger partial charge < -0.3 is 15.5 Å². The Morgan fingerprint density at radius 2 is 1.50 bits per heavy atom. The molecular weight excluding hydrogens is 701 g/mol. The van der Waals surface area contributed by atoms with Crippen LogP contribution in [0.15, 0.2) is 77.7 Å². The maximum atomic E-state index is 13.9. The number of amides is 1. The lowest BCUT2D eigenvalue weighted by Gasteiger charge is -2.22. The first-order chi connectivity index (χ1) is 25.0. The molecule has 52 heavy (non-hydrogen) atoms. The Morgan fingerprint density at radius 3 is 2.15 bits per heavy atom. The summed E-state index contributed by atoms with van der Waals surface area (Å²) in [7, 11) is -3.90. The molecule has 0 spiro atoms. The summed E-state index contributed by atoms with van der Waals surface area (Å²) in [4.78, 5) is 51.5. The van der Waals surface area contributed by atoms with Gasteiger partial charge in [-0.15, -0.1) is 11.3 Å². The quantitative estimate of drug-likeness (QED) is 0.0758. The van der Waals surface area contributed by atoms with Crippen LogP contribution >= 0.6 is 11.3 Å². The number of rotatable bonds is 17. The highest BCUT2D eigenvalue weighted by molar-refractivity contribution is 7.89. The minimum atomic E-state index is -3.90. The van der Waals surface area contributed by atoms with E-state index in [4.69, 9.17) is 10.2 Å². The number of aliphatic carboxylic acids is 1. The Labute approximate surface area is 307 Å². The number of anilines is 1. The molecule has 1 saturated carbocycles. The minimum absolute atomic E-state index is 0.0172. The van der Waals surface area contributed by atoms with Crippen LogP contribution in [0.5, 0.6) is 0 Å². The van der Waals surface area contributed by atoms with Crippen molar-refractivity contribution in [1.82, 2.24) is 4.31 Å². The zero-order valence-electron chi connectivity index (χ0n) is 28.8. The second-order valence-corrected chi connectivity index (χ2v) is 16.6. The number of nitrogens with zero attached hydrogens (tertiary/aromatic N) is 1. The number of carboxylic acids is 2. The molecule has 1 aromatic heterocycles. The molecule has 0 atom stereocenters. The summed E-state index contributed by atoms with van der Waals surface area (Å²) in [6, 6.07) is 20.4. The fourth-order valence-electron chi connectivity index (χ4n) is 6.68. The van der Waals surface area contributed by atoms with Crippen LogP contribution < -0.4 is 5.32 Å². The standard InChI is InChI=1S/C40H42N2O8S2/c43-34(29-6-5-7-32(24-29)52(49,50)42(31-21-22-31)23-4-3-10-37(44)45)25-36-38(33-8-1-2-9-35(33)51-36)39(46)41-30-19-15-27(16-20-30)12-11-26-13-17-28(18-14-26)40(47)48/h5-7,13-20,24,31H,1-4,8-12,21-23,25H2,(H,41,46)(H,44,45)(H,47,48). The van der Waals surface area contributed by atoms with Gasteiger partial charge in [-0.1, -0.05) is 36.4 Å². The van der Waals surface area contributed by atoms with Gasteiger partial charge in [0.15, 0.2) is 5.78 Å². The molecule has 12 heteroatoms. The zero-order valence-corrected chi connectivity index (χ0v) is 30.4. The van der Waals surface area contributed by atoms with E-state index in [9.17, 15) is 27.6 Å². The van der Waals surface area contributed by atoms with Crippen molar-refractivity contribution in [3.05, 3.63) is 116 Å². The molecule has 2 aliphatic carbocycles. The number of fused-ring (bicyclic) bond motifs is 1. The predicted octanol–water partition coefficient (Wildman–Crippen LogP) is 7.20. The maximum Gasteiger partial charge on any atom is 0.335 e. The highest BCUT2D eigenvalue weighted by atomic mass is 32.2. The van der Waals surface area contributed by atoms with Gasteiger partial charge in [-0.05, 0) is 117 Å². The third kappa shape index (κ3) is 9.04. The molecule has 0 saturated heterocycles. The zero-order chi connectivity index (χ0) is 36.8. The molecule has 0 aliphatic heterocycles. The number of carbonyl (C=O) groups is 4. The molecule has 0 bridgehead atoms. The van der Waals surface area contributed by atoms with Gasteiger partial charge in [-0.3, -0.25) is 14.4 Å². The maximum absolute atomic E-state index is 13.9. The lowest BCUT2D eigenvalue weighted by molar-refractivity contribution is -0.137. The van der Waals surface area contributed by atoms with Crippen molar-refractivity contribution in [3.63, 3.8) is 0 Å². The number of nitrogens with one attached hydrogen (secondary N) is 1. The topological polar surface area (TPSA) is 158 Å². The summed E-state index contributed by atoms with van der Waals surface area (Å²) in [5.41, 5.74) is 4.77. The van der Waals surface area contributed by atoms with Crippen LogP contribution in [0, 0.1) is 0 Å². The summed E-state index contributed by atoms with van der Waals surface area (Å²) in [6.45, 7) is 0.227. The van der Waals surface area contributed by atoms with E-state index in [0.29, 0.717) is 29.0 Å². The highest BCUT2D eigenvalue weighted by Crippen LogP contribution is 2.37. The summed E-state index contributed by atoms with van der Waals surface area (Å²) >= 11 is 1.49. The van der Waals surface area contributed by atoms with E-state index >= 15 is 0 Å². The molecule has 1 heterocycles. The number of ketones is 1. The second kappa shape index (κ2) is 16.4. The van der Waals surface area contributed by atoms with E-state index in [1.165, 1.54) is 27.8 Å². The summed E-state index contributed by atoms with van der Waals surface area (Å²) < 4.78 is 28.9. The molecule has 6 rings (SSSR count). The number of unbranched alkanes of at least 4 members (excludes halogenated alkanes) is 1. The molecule has 1 amide bonds. The number of Topliss-reactive ketones (excluding diaryl/α,β-unsaturated/α-hetero) is 1. The molecule has 0 radical (unpaired) electrons. The molecule has 10 nitrogen and oxygen atoms in total. The summed E-state index contributed by atoms with van der Waals surface area (Å²) in [5.74, 6) is -2.41. The van der Waals surface area contributed by atoms with Crippen LogP contribution in [-0.4, -0.2) is 59.2 Å². The van der Waals surface area contributed by atoms with Crippen molar-refractivity contribution in [2.24, 2.45) is 0 Å². The molecular formula is C40H42N2O8S2. The number of benzene rings is 3. The lowest BCUT2D eigenvalue weighted by atomic mass is 9.93. The summed E-state index contributed by atoms with van der Waals surface area (Å²) in [5, 5.41) is 21.1. The van der Waals surface area contributed by atoms with Crippen LogP contribution in [0.4, 0.5) is 5.69 Å². The van der Waals surface area contributed by atoms with Crippen LogP contribution in [0.3, 0.4) is 0 Å². The number of thiophene rings is 1. The average Bonchev–Trinajstić information content (AvgIpc) is 3.90. The molecule has 1 fully saturated rings. The molecule has 3 N–H and O–H groups in total. The van der Waals surface area contributed by atoms with E-state index in [1.807, 2.05) is 36.4 Å². The summed E-state index contributed by atoms with van der Waals surface area (Å²) in [6.07, 6.45) is 7.34. The largest absolute Gasteiger partial charge is 0.481 e. The lowest BCUT2D eigenvalue weighted by Crippen LogP contribution is -2.34. The van der Waals surface area contributed by atoms with Gasteiger partial charge in [-0.25, -0.2) is 13.2 Å². The minimum Gasteiger partial charge on any atom is -0.481 e. The monoisotopic (exact) mass is 742 g/mol. The highest BCUT2D eigenvalue weighted by Gasteiger charge is 2.38. The van der Waals surface area contributed by atoms with Crippen molar-refractivity contribution >= 4 is 50.7 Å². The number of carbonyl (C=O) groups excluding carboxylic acids is 2. The molecule has 0 unspecified atom stereocenters. The number of sulfonamides is 1. The number of aryl methyl sites for hydroxylation is 3. The molecule has 3 aromatic carbocycles. The normalized spacial score (nSPS) is 14.2. The van der Waals surface area contributed by atoms with Crippen molar-refractivity contribution in [1.29, 1.82) is 0 Å². The van der Waals surface area contributed by atoms with Crippen LogP contribution in [0.1, 0.15) is 102 Å². The number of carboxylic acid groups (broad SMARTS) is 2. The number of hydrogen-bond donors (Lipinski definition) is 3. The third-order valence-electron chi connectivity index (χ3n) is 9.64. The third-order valence-corrected chi connectivity index (χ3v) is 12.9. The van der Waals surface area contributed by atoms with Gasteiger partial charge in [0.2, 0.25) is 10.0 Å². The SMILES string of the molecule is O=C(O)CCCCN(C1CC1)S(=O)(=O)c1cccc(C(=O)Cc2sc3c(c2C(=O)Nc2ccc(CCc4ccc(C(=O)O)cc4)cc2)CCCC3)c1. The van der Waals surface area contributed by atoms with E-state index in [-0.39, 0.29) is 53.1 Å². The Balaban J connectivity index is 1.14. The van der Waals surface area contributed by atoms with Gasteiger partial charge in [0.05, 0.1) is 16.0 Å². The molecule has 2 aliphatic rings. The molecule has 272 valence electrons. The van der Waals surface area contributed by atoms with Crippen molar-refractivity contribution < 1.29 is 37.8 Å². The van der Waals surface area contributed by atoms with Crippen LogP contribution in [0.2, 0.25) is 0 Å². The van der Waals surface area contributed by atoms with Crippen molar-refractivity contribution in [2.75, 3.05) is 11.9 Å². The fraction of sp³-hybridized carbons (Fsp3) is 0.350. The van der Waals surface area contributed by atoms with Crippen molar-refractivity contribution in [3.8, 4) is 0 Å². The Morgan fingerprint density at radius 1 is 0.827 bits per heavy atom. The van der Waals surface area contributed by atoms with Gasteiger partial charge in [0.25, 0.3) is 5.91 Å². The first-order valence-corrected chi connectivity index (χ1v) is 20.0. The van der Waals surface area contributed by atoms with E-state index in [1.54, 1.807) is 24.3 Å². The first-order valence-electron chi connectivity index (χ1n) is 17.7. The van der Waals surface area contributed by atoms with E-state index in [2.05, 4.69) is 5.32 Å². The fourth-order valence-corrected chi connectivity index (χ4v) is 9.84. The van der Waals surface area contributed by atoms with Gasteiger partial charge in [0.1, 0.15) is 0 Å². The van der Waals surface area contributed by atoms with Gasteiger partial charge >= 0.3 is 11.9 Å².